The van der Waals surface area contributed by atoms with Crippen molar-refractivity contribution in [1.82, 2.24) is 0 Å². The van der Waals surface area contributed by atoms with E-state index in [1.54, 1.807) is 30.3 Å². The zero-order valence-electron chi connectivity index (χ0n) is 9.44. The SMILES string of the molecule is CC(=O)C1=C(O)/C(=C/c2ccccc2Cl)SC1=O. The summed E-state index contributed by atoms with van der Waals surface area (Å²) in [5.74, 6) is -0.704. The first-order valence-corrected chi connectivity index (χ1v) is 6.33. The lowest BCUT2D eigenvalue weighted by Crippen LogP contribution is -2.03. The van der Waals surface area contributed by atoms with Crippen molar-refractivity contribution in [2.45, 2.75) is 6.92 Å². The second-order valence-corrected chi connectivity index (χ2v) is 5.12. The minimum Gasteiger partial charge on any atom is -0.506 e. The first-order chi connectivity index (χ1) is 8.50. The number of ketones is 1. The first kappa shape index (κ1) is 12.9. The Labute approximate surface area is 113 Å². The molecule has 18 heavy (non-hydrogen) atoms. The van der Waals surface area contributed by atoms with Crippen LogP contribution in [0.2, 0.25) is 5.02 Å². The molecule has 0 unspecified atom stereocenters. The Hall–Kier alpha value is -1.52. The molecule has 0 aromatic heterocycles. The van der Waals surface area contributed by atoms with Crippen LogP contribution in [-0.4, -0.2) is 16.0 Å². The number of aliphatic hydroxyl groups is 1. The van der Waals surface area contributed by atoms with Gasteiger partial charge >= 0.3 is 0 Å². The molecule has 0 spiro atoms. The van der Waals surface area contributed by atoms with E-state index < -0.39 is 10.9 Å². The van der Waals surface area contributed by atoms with E-state index in [1.807, 2.05) is 0 Å². The molecule has 1 aromatic carbocycles. The van der Waals surface area contributed by atoms with Gasteiger partial charge in [-0.25, -0.2) is 0 Å². The second kappa shape index (κ2) is 5.00. The number of carbonyl (C=O) groups is 2. The Morgan fingerprint density at radius 3 is 2.61 bits per heavy atom. The standard InChI is InChI=1S/C13H9ClO3S/c1-7(15)11-12(16)10(18-13(11)17)6-8-4-2-3-5-9(8)14/h2-6,16H,1H3/b10-6-. The molecular weight excluding hydrogens is 272 g/mol. The number of hydrogen-bond donors (Lipinski definition) is 1. The predicted octanol–water partition coefficient (Wildman–Crippen LogP) is 3.36. The predicted molar refractivity (Wildman–Crippen MR) is 72.4 cm³/mol. The van der Waals surface area contributed by atoms with Crippen LogP contribution >= 0.6 is 23.4 Å². The van der Waals surface area contributed by atoms with Gasteiger partial charge in [-0.15, -0.1) is 0 Å². The fourth-order valence-corrected chi connectivity index (χ4v) is 2.68. The van der Waals surface area contributed by atoms with Crippen LogP contribution in [-0.2, 0) is 9.59 Å². The highest BCUT2D eigenvalue weighted by Gasteiger charge is 2.31. The van der Waals surface area contributed by atoms with Gasteiger partial charge in [0.25, 0.3) is 0 Å². The number of benzene rings is 1. The third-order valence-corrected chi connectivity index (χ3v) is 3.69. The van der Waals surface area contributed by atoms with Crippen LogP contribution in [0.25, 0.3) is 6.08 Å². The fourth-order valence-electron chi connectivity index (χ4n) is 1.56. The normalized spacial score (nSPS) is 17.7. The average Bonchev–Trinajstić information content (AvgIpc) is 2.57. The van der Waals surface area contributed by atoms with E-state index in [4.69, 9.17) is 11.6 Å². The van der Waals surface area contributed by atoms with E-state index in [1.165, 1.54) is 6.92 Å². The maximum Gasteiger partial charge on any atom is 0.231 e. The topological polar surface area (TPSA) is 54.4 Å². The summed E-state index contributed by atoms with van der Waals surface area (Å²) in [5.41, 5.74) is 0.532. The Balaban J connectivity index is 2.46. The van der Waals surface area contributed by atoms with Gasteiger partial charge in [0.05, 0.1) is 4.91 Å². The van der Waals surface area contributed by atoms with Crippen LogP contribution in [0, 0.1) is 0 Å². The molecule has 3 nitrogen and oxygen atoms in total. The van der Waals surface area contributed by atoms with Crippen molar-refractivity contribution >= 4 is 40.3 Å². The lowest BCUT2D eigenvalue weighted by Gasteiger charge is -2.00. The van der Waals surface area contributed by atoms with Crippen molar-refractivity contribution in [2.75, 3.05) is 0 Å². The van der Waals surface area contributed by atoms with Gasteiger partial charge in [0.2, 0.25) is 5.12 Å². The molecule has 0 fully saturated rings. The van der Waals surface area contributed by atoms with Gasteiger partial charge in [-0.3, -0.25) is 9.59 Å². The molecule has 0 aliphatic carbocycles. The molecule has 2 rings (SSSR count). The van der Waals surface area contributed by atoms with E-state index in [-0.39, 0.29) is 11.3 Å². The van der Waals surface area contributed by atoms with E-state index in [0.717, 1.165) is 11.8 Å². The maximum absolute atomic E-state index is 11.6. The van der Waals surface area contributed by atoms with Crippen molar-refractivity contribution in [3.05, 3.63) is 51.1 Å². The second-order valence-electron chi connectivity index (χ2n) is 3.70. The highest BCUT2D eigenvalue weighted by Crippen LogP contribution is 2.38. The average molecular weight is 281 g/mol. The van der Waals surface area contributed by atoms with Crippen molar-refractivity contribution in [3.63, 3.8) is 0 Å². The van der Waals surface area contributed by atoms with E-state index in [2.05, 4.69) is 0 Å². The number of carbonyl (C=O) groups excluding carboxylic acids is 2. The molecule has 0 radical (unpaired) electrons. The third-order valence-electron chi connectivity index (χ3n) is 2.42. The molecular formula is C13H9ClO3S. The molecule has 0 atom stereocenters. The summed E-state index contributed by atoms with van der Waals surface area (Å²) in [6.07, 6.45) is 1.59. The van der Waals surface area contributed by atoms with Gasteiger partial charge in [0, 0.05) is 5.02 Å². The van der Waals surface area contributed by atoms with Gasteiger partial charge < -0.3 is 5.11 Å². The quantitative estimate of drug-likeness (QED) is 0.844. The summed E-state index contributed by atoms with van der Waals surface area (Å²) in [7, 11) is 0. The van der Waals surface area contributed by atoms with Gasteiger partial charge in [0.15, 0.2) is 5.78 Å². The van der Waals surface area contributed by atoms with Crippen molar-refractivity contribution < 1.29 is 14.7 Å². The zero-order chi connectivity index (χ0) is 13.3. The lowest BCUT2D eigenvalue weighted by molar-refractivity contribution is -0.116. The molecule has 0 saturated carbocycles. The van der Waals surface area contributed by atoms with E-state index in [0.29, 0.717) is 15.5 Å². The molecule has 1 aliphatic heterocycles. The summed E-state index contributed by atoms with van der Waals surface area (Å²) in [5, 5.41) is 9.93. The largest absolute Gasteiger partial charge is 0.506 e. The maximum atomic E-state index is 11.6. The van der Waals surface area contributed by atoms with Crippen LogP contribution in [0.5, 0.6) is 0 Å². The van der Waals surface area contributed by atoms with Gasteiger partial charge in [-0.2, -0.15) is 0 Å². The monoisotopic (exact) mass is 280 g/mol. The smallest absolute Gasteiger partial charge is 0.231 e. The highest BCUT2D eigenvalue weighted by molar-refractivity contribution is 8.18. The van der Waals surface area contributed by atoms with Crippen LogP contribution in [0.15, 0.2) is 40.5 Å². The van der Waals surface area contributed by atoms with Crippen LogP contribution in [0.1, 0.15) is 12.5 Å². The minimum atomic E-state index is -0.437. The summed E-state index contributed by atoms with van der Waals surface area (Å²) in [6, 6.07) is 7.06. The Bertz CT molecular complexity index is 602. The van der Waals surface area contributed by atoms with Crippen molar-refractivity contribution in [2.24, 2.45) is 0 Å². The fraction of sp³-hybridized carbons (Fsp3) is 0.0769. The number of halogens is 1. The van der Waals surface area contributed by atoms with Gasteiger partial charge in [-0.1, -0.05) is 29.8 Å². The first-order valence-electron chi connectivity index (χ1n) is 5.13. The summed E-state index contributed by atoms with van der Waals surface area (Å²) in [6.45, 7) is 1.25. The molecule has 0 saturated heterocycles. The molecule has 1 heterocycles. The molecule has 1 aromatic rings. The van der Waals surface area contributed by atoms with Gasteiger partial charge in [-0.05, 0) is 36.4 Å². The lowest BCUT2D eigenvalue weighted by atomic mass is 10.1. The third kappa shape index (κ3) is 2.35. The molecule has 0 amide bonds. The molecule has 1 N–H and O–H groups in total. The number of Topliss-reactive ketones (excluding diaryl/α,β-unsaturated/α-hetero) is 1. The number of hydrogen-bond acceptors (Lipinski definition) is 4. The van der Waals surface area contributed by atoms with Crippen LogP contribution < -0.4 is 0 Å². The van der Waals surface area contributed by atoms with Gasteiger partial charge in [0.1, 0.15) is 11.3 Å². The van der Waals surface area contributed by atoms with Crippen LogP contribution in [0.3, 0.4) is 0 Å². The summed E-state index contributed by atoms with van der Waals surface area (Å²) >= 11 is 6.81. The molecule has 92 valence electrons. The van der Waals surface area contributed by atoms with Crippen molar-refractivity contribution in [1.29, 1.82) is 0 Å². The van der Waals surface area contributed by atoms with Crippen LogP contribution in [0.4, 0.5) is 0 Å². The molecule has 1 aliphatic rings. The molecule has 0 bridgehead atoms. The minimum absolute atomic E-state index is 0.154. The number of rotatable bonds is 2. The summed E-state index contributed by atoms with van der Waals surface area (Å²) in [4.78, 5) is 23.1. The van der Waals surface area contributed by atoms with Crippen molar-refractivity contribution in [3.8, 4) is 0 Å². The Morgan fingerprint density at radius 2 is 2.06 bits per heavy atom. The highest BCUT2D eigenvalue weighted by atomic mass is 35.5. The summed E-state index contributed by atoms with van der Waals surface area (Å²) < 4.78 is 0. The van der Waals surface area contributed by atoms with E-state index in [9.17, 15) is 14.7 Å². The Morgan fingerprint density at radius 1 is 1.39 bits per heavy atom. The molecule has 5 heteroatoms. The number of thioether (sulfide) groups is 1. The zero-order valence-corrected chi connectivity index (χ0v) is 11.0. The number of aliphatic hydroxyl groups excluding tert-OH is 1. The van der Waals surface area contributed by atoms with E-state index >= 15 is 0 Å². The Kier molecular flexibility index (Phi) is 3.59.